The first-order chi connectivity index (χ1) is 14.1. The minimum atomic E-state index is -0.131. The third kappa shape index (κ3) is 4.02. The zero-order valence-corrected chi connectivity index (χ0v) is 17.8. The molecule has 0 fully saturated rings. The van der Waals surface area contributed by atoms with Crippen molar-refractivity contribution in [3.8, 4) is 0 Å². The first-order valence-electron chi connectivity index (χ1n) is 9.70. The second-order valence-corrected chi connectivity index (χ2v) is 8.26. The molecule has 0 aliphatic carbocycles. The Morgan fingerprint density at radius 3 is 2.72 bits per heavy atom. The number of thiazole rings is 1. The van der Waals surface area contributed by atoms with E-state index in [4.69, 9.17) is 4.74 Å². The molecule has 29 heavy (non-hydrogen) atoms. The lowest BCUT2D eigenvalue weighted by molar-refractivity contribution is -0.117. The van der Waals surface area contributed by atoms with Crippen LogP contribution in [-0.4, -0.2) is 24.2 Å². The molecule has 0 radical (unpaired) electrons. The van der Waals surface area contributed by atoms with Crippen LogP contribution in [0.5, 0.6) is 0 Å². The Morgan fingerprint density at radius 1 is 1.10 bits per heavy atom. The van der Waals surface area contributed by atoms with Gasteiger partial charge in [-0.15, -0.1) is 0 Å². The van der Waals surface area contributed by atoms with Gasteiger partial charge in [-0.05, 0) is 47.4 Å². The Kier molecular flexibility index (Phi) is 5.60. The SMILES string of the molecule is COCCn1c(=NC(=O)Cc2cccc3ccccc23)sc2c(C)cc(C)cc21. The van der Waals surface area contributed by atoms with Crippen molar-refractivity contribution in [2.75, 3.05) is 13.7 Å². The molecule has 4 aromatic rings. The predicted octanol–water partition coefficient (Wildman–Crippen LogP) is 4.79. The lowest BCUT2D eigenvalue weighted by Crippen LogP contribution is -2.19. The summed E-state index contributed by atoms with van der Waals surface area (Å²) in [5.74, 6) is -0.131. The first kappa shape index (κ1) is 19.6. The molecule has 0 atom stereocenters. The smallest absolute Gasteiger partial charge is 0.252 e. The van der Waals surface area contributed by atoms with Crippen molar-refractivity contribution in [2.24, 2.45) is 4.99 Å². The highest BCUT2D eigenvalue weighted by molar-refractivity contribution is 7.16. The molecule has 3 aromatic carbocycles. The fraction of sp³-hybridized carbons (Fsp3) is 0.250. The fourth-order valence-electron chi connectivity index (χ4n) is 3.75. The van der Waals surface area contributed by atoms with E-state index < -0.39 is 0 Å². The van der Waals surface area contributed by atoms with Gasteiger partial charge in [0.1, 0.15) is 0 Å². The molecule has 0 unspecified atom stereocenters. The van der Waals surface area contributed by atoms with Gasteiger partial charge in [-0.3, -0.25) is 4.79 Å². The largest absolute Gasteiger partial charge is 0.383 e. The number of benzene rings is 3. The van der Waals surface area contributed by atoms with Crippen LogP contribution < -0.4 is 4.80 Å². The van der Waals surface area contributed by atoms with Crippen LogP contribution in [0.25, 0.3) is 21.0 Å². The molecule has 0 spiro atoms. The van der Waals surface area contributed by atoms with Gasteiger partial charge in [-0.25, -0.2) is 0 Å². The number of fused-ring (bicyclic) bond motifs is 2. The number of ether oxygens (including phenoxy) is 1. The van der Waals surface area contributed by atoms with E-state index in [1.165, 1.54) is 15.8 Å². The van der Waals surface area contributed by atoms with Gasteiger partial charge in [-0.2, -0.15) is 4.99 Å². The molecule has 0 N–H and O–H groups in total. The standard InChI is InChI=1S/C24H24N2O2S/c1-16-13-17(2)23-21(14-16)26(11-12-28-3)24(29-23)25-22(27)15-19-9-6-8-18-7-4-5-10-20(18)19/h4-10,13-14H,11-12,15H2,1-3H3. The molecular weight excluding hydrogens is 380 g/mol. The molecular formula is C24H24N2O2S. The molecule has 1 heterocycles. The van der Waals surface area contributed by atoms with Crippen molar-refractivity contribution in [1.29, 1.82) is 0 Å². The number of nitrogens with zero attached hydrogens (tertiary/aromatic N) is 2. The average Bonchev–Trinajstić information content (AvgIpc) is 3.04. The van der Waals surface area contributed by atoms with Gasteiger partial charge in [0.05, 0.1) is 23.2 Å². The summed E-state index contributed by atoms with van der Waals surface area (Å²) in [4.78, 5) is 18.1. The summed E-state index contributed by atoms with van der Waals surface area (Å²) in [6, 6.07) is 18.5. The zero-order chi connectivity index (χ0) is 20.4. The summed E-state index contributed by atoms with van der Waals surface area (Å²) < 4.78 is 8.56. The summed E-state index contributed by atoms with van der Waals surface area (Å²) in [6.45, 7) is 5.44. The topological polar surface area (TPSA) is 43.6 Å². The van der Waals surface area contributed by atoms with Crippen LogP contribution in [0.3, 0.4) is 0 Å². The van der Waals surface area contributed by atoms with Crippen molar-refractivity contribution in [1.82, 2.24) is 4.57 Å². The molecule has 1 aromatic heterocycles. The van der Waals surface area contributed by atoms with Crippen LogP contribution in [-0.2, 0) is 22.5 Å². The number of amides is 1. The maximum absolute atomic E-state index is 12.9. The highest BCUT2D eigenvalue weighted by atomic mass is 32.1. The van der Waals surface area contributed by atoms with Crippen molar-refractivity contribution < 1.29 is 9.53 Å². The molecule has 0 aliphatic heterocycles. The second kappa shape index (κ2) is 8.31. The minimum Gasteiger partial charge on any atom is -0.383 e. The first-order valence-corrected chi connectivity index (χ1v) is 10.5. The molecule has 148 valence electrons. The molecule has 5 heteroatoms. The van der Waals surface area contributed by atoms with E-state index in [9.17, 15) is 4.79 Å². The molecule has 0 saturated heterocycles. The van der Waals surface area contributed by atoms with Crippen LogP contribution in [0.15, 0.2) is 59.6 Å². The van der Waals surface area contributed by atoms with Gasteiger partial charge in [-0.1, -0.05) is 59.9 Å². The van der Waals surface area contributed by atoms with Crippen LogP contribution >= 0.6 is 11.3 Å². The van der Waals surface area contributed by atoms with Crippen LogP contribution in [0.2, 0.25) is 0 Å². The average molecular weight is 405 g/mol. The van der Waals surface area contributed by atoms with Crippen LogP contribution in [0, 0.1) is 13.8 Å². The highest BCUT2D eigenvalue weighted by Crippen LogP contribution is 2.24. The van der Waals surface area contributed by atoms with E-state index in [1.807, 2.05) is 24.3 Å². The summed E-state index contributed by atoms with van der Waals surface area (Å²) in [7, 11) is 1.69. The zero-order valence-electron chi connectivity index (χ0n) is 16.9. The second-order valence-electron chi connectivity index (χ2n) is 7.28. The number of carbonyl (C=O) groups is 1. The Morgan fingerprint density at radius 2 is 1.90 bits per heavy atom. The van der Waals surface area contributed by atoms with E-state index >= 15 is 0 Å². The Bertz CT molecular complexity index is 1260. The molecule has 4 nitrogen and oxygen atoms in total. The van der Waals surface area contributed by atoms with Crippen LogP contribution in [0.4, 0.5) is 0 Å². The fourth-order valence-corrected chi connectivity index (χ4v) is 4.88. The number of hydrogen-bond donors (Lipinski definition) is 0. The third-order valence-corrected chi connectivity index (χ3v) is 6.30. The molecule has 0 saturated carbocycles. The number of aryl methyl sites for hydroxylation is 2. The normalized spacial score (nSPS) is 12.2. The minimum absolute atomic E-state index is 0.131. The van der Waals surface area contributed by atoms with E-state index in [-0.39, 0.29) is 12.3 Å². The Hall–Kier alpha value is -2.76. The van der Waals surface area contributed by atoms with E-state index in [0.717, 1.165) is 26.7 Å². The maximum Gasteiger partial charge on any atom is 0.252 e. The van der Waals surface area contributed by atoms with Crippen molar-refractivity contribution in [2.45, 2.75) is 26.8 Å². The Labute approximate surface area is 174 Å². The third-order valence-electron chi connectivity index (χ3n) is 5.08. The monoisotopic (exact) mass is 404 g/mol. The maximum atomic E-state index is 12.9. The molecule has 1 amide bonds. The summed E-state index contributed by atoms with van der Waals surface area (Å²) >= 11 is 1.57. The van der Waals surface area contributed by atoms with Crippen molar-refractivity contribution in [3.05, 3.63) is 76.1 Å². The molecule has 4 rings (SSSR count). The Balaban J connectivity index is 1.76. The number of methoxy groups -OCH3 is 1. The number of hydrogen-bond acceptors (Lipinski definition) is 3. The number of rotatable bonds is 5. The van der Waals surface area contributed by atoms with Gasteiger partial charge < -0.3 is 9.30 Å². The predicted molar refractivity (Wildman–Crippen MR) is 119 cm³/mol. The van der Waals surface area contributed by atoms with Gasteiger partial charge >= 0.3 is 0 Å². The van der Waals surface area contributed by atoms with E-state index in [2.05, 4.69) is 53.7 Å². The summed E-state index contributed by atoms with van der Waals surface area (Å²) in [5, 5.41) is 2.24. The van der Waals surface area contributed by atoms with Gasteiger partial charge in [0.15, 0.2) is 4.80 Å². The lowest BCUT2D eigenvalue weighted by Gasteiger charge is -2.06. The highest BCUT2D eigenvalue weighted by Gasteiger charge is 2.12. The van der Waals surface area contributed by atoms with Gasteiger partial charge in [0, 0.05) is 13.7 Å². The quantitative estimate of drug-likeness (QED) is 0.480. The van der Waals surface area contributed by atoms with Gasteiger partial charge in [0.25, 0.3) is 5.91 Å². The molecule has 0 bridgehead atoms. The number of aromatic nitrogens is 1. The van der Waals surface area contributed by atoms with E-state index in [1.54, 1.807) is 18.4 Å². The lowest BCUT2D eigenvalue weighted by atomic mass is 10.0. The van der Waals surface area contributed by atoms with Gasteiger partial charge in [0.2, 0.25) is 0 Å². The van der Waals surface area contributed by atoms with Crippen molar-refractivity contribution in [3.63, 3.8) is 0 Å². The van der Waals surface area contributed by atoms with Crippen LogP contribution in [0.1, 0.15) is 16.7 Å². The summed E-state index contributed by atoms with van der Waals surface area (Å²) in [6.07, 6.45) is 0.290. The van der Waals surface area contributed by atoms with Crippen molar-refractivity contribution >= 4 is 38.2 Å². The molecule has 0 aliphatic rings. The summed E-state index contributed by atoms with van der Waals surface area (Å²) in [5.41, 5.74) is 4.53. The number of carbonyl (C=O) groups excluding carboxylic acids is 1. The van der Waals surface area contributed by atoms with E-state index in [0.29, 0.717) is 13.2 Å².